The van der Waals surface area contributed by atoms with Crippen LogP contribution < -0.4 is 0 Å². The highest BCUT2D eigenvalue weighted by atomic mass is 14.1. The minimum absolute atomic E-state index is 0.561. The average Bonchev–Trinajstić information content (AvgIpc) is 2.49. The van der Waals surface area contributed by atoms with Crippen LogP contribution in [0.1, 0.15) is 1.37 Å². The van der Waals surface area contributed by atoms with E-state index in [9.17, 15) is 0 Å². The zero-order valence-corrected chi connectivity index (χ0v) is 10.0. The summed E-state index contributed by atoms with van der Waals surface area (Å²) in [6.45, 7) is 0. The van der Waals surface area contributed by atoms with Gasteiger partial charge < -0.3 is 0 Å². The maximum absolute atomic E-state index is 8.07. The van der Waals surface area contributed by atoms with Gasteiger partial charge in [0, 0.05) is 0 Å². The van der Waals surface area contributed by atoms with Gasteiger partial charge in [-0.15, -0.1) is 0 Å². The molecule has 0 aliphatic heterocycles. The van der Waals surface area contributed by atoms with Gasteiger partial charge in [0.15, 0.2) is 0 Å². The standard InChI is InChI=1S/C18H14/c1-3-9-15(10-4-1)17-13-7-8-14-18(17)16-11-5-2-6-12-16/h1-14H/i9D. The number of benzene rings is 3. The first kappa shape index (κ1) is 9.67. The van der Waals surface area contributed by atoms with Crippen LogP contribution in [0.3, 0.4) is 0 Å². The van der Waals surface area contributed by atoms with Gasteiger partial charge >= 0.3 is 0 Å². The lowest BCUT2D eigenvalue weighted by molar-refractivity contribution is 1.58. The third kappa shape index (κ3) is 2.05. The smallest absolute Gasteiger partial charge is 0.0622 e. The summed E-state index contributed by atoms with van der Waals surface area (Å²) in [5, 5.41) is 0. The van der Waals surface area contributed by atoms with Crippen molar-refractivity contribution in [2.75, 3.05) is 0 Å². The monoisotopic (exact) mass is 231 g/mol. The molecule has 0 radical (unpaired) electrons. The fourth-order valence-corrected chi connectivity index (χ4v) is 2.15. The summed E-state index contributed by atoms with van der Waals surface area (Å²) in [6, 6.07) is 26.8. The average molecular weight is 231 g/mol. The Hall–Kier alpha value is -2.34. The van der Waals surface area contributed by atoms with Crippen molar-refractivity contribution in [2.45, 2.75) is 0 Å². The quantitative estimate of drug-likeness (QED) is 0.581. The molecular formula is C18H14. The minimum atomic E-state index is 0.561. The van der Waals surface area contributed by atoms with Crippen LogP contribution in [-0.4, -0.2) is 0 Å². The van der Waals surface area contributed by atoms with Crippen LogP contribution >= 0.6 is 0 Å². The van der Waals surface area contributed by atoms with E-state index in [1.165, 1.54) is 11.1 Å². The summed E-state index contributed by atoms with van der Waals surface area (Å²) in [6.07, 6.45) is 0. The van der Waals surface area contributed by atoms with E-state index < -0.39 is 0 Å². The van der Waals surface area contributed by atoms with E-state index in [-0.39, 0.29) is 0 Å². The molecule has 18 heavy (non-hydrogen) atoms. The van der Waals surface area contributed by atoms with Crippen molar-refractivity contribution in [3.63, 3.8) is 0 Å². The zero-order chi connectivity index (χ0) is 13.1. The molecule has 0 aliphatic carbocycles. The van der Waals surface area contributed by atoms with Gasteiger partial charge in [0.25, 0.3) is 0 Å². The molecule has 3 aromatic rings. The van der Waals surface area contributed by atoms with Crippen LogP contribution in [0.15, 0.2) is 84.9 Å². The first-order valence-corrected chi connectivity index (χ1v) is 6.07. The zero-order valence-electron chi connectivity index (χ0n) is 11.0. The highest BCUT2D eigenvalue weighted by Gasteiger charge is 2.05. The molecule has 0 nitrogen and oxygen atoms in total. The Bertz CT molecular complexity index is 687. The maximum Gasteiger partial charge on any atom is 0.0629 e. The lowest BCUT2D eigenvalue weighted by Gasteiger charge is -2.09. The number of rotatable bonds is 2. The fraction of sp³-hybridized carbons (Fsp3) is 0. The van der Waals surface area contributed by atoms with Gasteiger partial charge in [-0.1, -0.05) is 84.9 Å². The molecule has 0 spiro atoms. The first-order chi connectivity index (χ1) is 9.36. The molecule has 3 rings (SSSR count). The Morgan fingerprint density at radius 2 is 1.00 bits per heavy atom. The van der Waals surface area contributed by atoms with Gasteiger partial charge in [-0.05, 0) is 22.3 Å². The van der Waals surface area contributed by atoms with Crippen molar-refractivity contribution in [1.29, 1.82) is 0 Å². The topological polar surface area (TPSA) is 0 Å². The predicted octanol–water partition coefficient (Wildman–Crippen LogP) is 5.02. The molecule has 0 saturated carbocycles. The van der Waals surface area contributed by atoms with Gasteiger partial charge in [0.2, 0.25) is 0 Å². The van der Waals surface area contributed by atoms with Crippen molar-refractivity contribution in [2.24, 2.45) is 0 Å². The largest absolute Gasteiger partial charge is 0.0629 e. The Morgan fingerprint density at radius 3 is 1.67 bits per heavy atom. The Morgan fingerprint density at radius 1 is 0.500 bits per heavy atom. The number of hydrogen-bond donors (Lipinski definition) is 0. The highest BCUT2D eigenvalue weighted by molar-refractivity contribution is 5.83. The molecule has 86 valence electrons. The van der Waals surface area contributed by atoms with E-state index in [1.807, 2.05) is 54.6 Å². The lowest BCUT2D eigenvalue weighted by Crippen LogP contribution is -1.83. The second-order valence-electron chi connectivity index (χ2n) is 4.19. The van der Waals surface area contributed by atoms with Crippen molar-refractivity contribution in [1.82, 2.24) is 0 Å². The second kappa shape index (κ2) is 4.89. The van der Waals surface area contributed by atoms with Crippen molar-refractivity contribution >= 4 is 0 Å². The van der Waals surface area contributed by atoms with Crippen LogP contribution in [0.25, 0.3) is 22.3 Å². The molecule has 0 aliphatic rings. The summed E-state index contributed by atoms with van der Waals surface area (Å²) < 4.78 is 8.07. The maximum atomic E-state index is 8.07. The van der Waals surface area contributed by atoms with E-state index in [0.717, 1.165) is 11.1 Å². The fourth-order valence-electron chi connectivity index (χ4n) is 2.15. The SMILES string of the molecule is [2H]c1ccccc1-c1ccccc1-c1ccccc1. The molecular weight excluding hydrogens is 216 g/mol. The molecule has 0 unspecified atom stereocenters. The van der Waals surface area contributed by atoms with Crippen molar-refractivity contribution in [3.05, 3.63) is 84.9 Å². The molecule has 0 amide bonds. The normalized spacial score (nSPS) is 11.0. The Labute approximate surface area is 109 Å². The van der Waals surface area contributed by atoms with E-state index >= 15 is 0 Å². The van der Waals surface area contributed by atoms with Gasteiger partial charge in [0.05, 0.1) is 1.37 Å². The van der Waals surface area contributed by atoms with Crippen LogP contribution in [0.5, 0.6) is 0 Å². The predicted molar refractivity (Wildman–Crippen MR) is 77.3 cm³/mol. The third-order valence-corrected chi connectivity index (χ3v) is 3.01. The molecule has 3 aromatic carbocycles. The van der Waals surface area contributed by atoms with Gasteiger partial charge in [-0.2, -0.15) is 0 Å². The highest BCUT2D eigenvalue weighted by Crippen LogP contribution is 2.31. The lowest BCUT2D eigenvalue weighted by atomic mass is 9.95. The van der Waals surface area contributed by atoms with Gasteiger partial charge in [0.1, 0.15) is 0 Å². The Kier molecular flexibility index (Phi) is 2.62. The van der Waals surface area contributed by atoms with Crippen LogP contribution in [0.4, 0.5) is 0 Å². The molecule has 0 fully saturated rings. The van der Waals surface area contributed by atoms with Gasteiger partial charge in [-0.3, -0.25) is 0 Å². The van der Waals surface area contributed by atoms with Crippen molar-refractivity contribution in [3.8, 4) is 22.3 Å². The van der Waals surface area contributed by atoms with E-state index in [1.54, 1.807) is 0 Å². The molecule has 0 N–H and O–H groups in total. The molecule has 0 heteroatoms. The van der Waals surface area contributed by atoms with Crippen LogP contribution in [0, 0.1) is 0 Å². The van der Waals surface area contributed by atoms with E-state index in [4.69, 9.17) is 1.37 Å². The van der Waals surface area contributed by atoms with E-state index in [2.05, 4.69) is 24.3 Å². The summed E-state index contributed by atoms with van der Waals surface area (Å²) in [4.78, 5) is 0. The molecule has 0 aromatic heterocycles. The number of hydrogen-bond acceptors (Lipinski definition) is 0. The summed E-state index contributed by atoms with van der Waals surface area (Å²) in [5.41, 5.74) is 4.44. The molecule has 0 saturated heterocycles. The summed E-state index contributed by atoms with van der Waals surface area (Å²) >= 11 is 0. The van der Waals surface area contributed by atoms with Crippen LogP contribution in [0.2, 0.25) is 0 Å². The molecule has 0 bridgehead atoms. The summed E-state index contributed by atoms with van der Waals surface area (Å²) in [5.74, 6) is 0. The van der Waals surface area contributed by atoms with E-state index in [0.29, 0.717) is 6.04 Å². The van der Waals surface area contributed by atoms with Crippen molar-refractivity contribution < 1.29 is 1.37 Å². The third-order valence-electron chi connectivity index (χ3n) is 3.01. The van der Waals surface area contributed by atoms with Crippen LogP contribution in [-0.2, 0) is 0 Å². The Balaban J connectivity index is 2.21. The van der Waals surface area contributed by atoms with Gasteiger partial charge in [-0.25, -0.2) is 0 Å². The first-order valence-electron chi connectivity index (χ1n) is 6.57. The molecule has 0 atom stereocenters. The minimum Gasteiger partial charge on any atom is -0.0622 e. The molecule has 0 heterocycles. The summed E-state index contributed by atoms with van der Waals surface area (Å²) in [7, 11) is 0. The second-order valence-corrected chi connectivity index (χ2v) is 4.19.